The zero-order chi connectivity index (χ0) is 12.4. The zero-order valence-corrected chi connectivity index (χ0v) is 9.93. The van der Waals surface area contributed by atoms with Gasteiger partial charge in [-0.1, -0.05) is 0 Å². The third kappa shape index (κ3) is 3.08. The smallest absolute Gasteiger partial charge is 0.348 e. The van der Waals surface area contributed by atoms with Gasteiger partial charge in [0.05, 0.1) is 23.8 Å². The summed E-state index contributed by atoms with van der Waals surface area (Å²) in [7, 11) is -4.14. The maximum atomic E-state index is 11.1. The van der Waals surface area contributed by atoms with Crippen molar-refractivity contribution < 1.29 is 22.1 Å². The van der Waals surface area contributed by atoms with Gasteiger partial charge in [-0.2, -0.15) is 8.42 Å². The summed E-state index contributed by atoms with van der Waals surface area (Å²) >= 11 is 0. The maximum absolute atomic E-state index is 11.1. The third-order valence-electron chi connectivity index (χ3n) is 2.90. The van der Waals surface area contributed by atoms with Crippen molar-refractivity contribution >= 4 is 10.3 Å². The van der Waals surface area contributed by atoms with E-state index in [2.05, 4.69) is 9.43 Å². The van der Waals surface area contributed by atoms with Crippen molar-refractivity contribution in [2.45, 2.75) is 37.6 Å². The van der Waals surface area contributed by atoms with Crippen molar-refractivity contribution in [1.82, 2.24) is 0 Å². The van der Waals surface area contributed by atoms with Crippen LogP contribution < -0.4 is 0 Å². The molecular formula is C8H13N3O5S. The van der Waals surface area contributed by atoms with Gasteiger partial charge in [-0.3, -0.25) is 4.18 Å². The van der Waals surface area contributed by atoms with Gasteiger partial charge in [-0.05, 0) is 18.4 Å². The molecule has 0 amide bonds. The van der Waals surface area contributed by atoms with E-state index in [1.54, 1.807) is 0 Å². The standard InChI is InChI=1S/C8H13N3O5S/c9-10-11-17(12,13)16-7-1-3-8(4-2-7)14-5-6-15-8/h7H,1-6H2. The summed E-state index contributed by atoms with van der Waals surface area (Å²) in [5.74, 6) is -0.553. The predicted molar refractivity (Wildman–Crippen MR) is 56.0 cm³/mol. The molecule has 0 N–H and O–H groups in total. The fourth-order valence-electron chi connectivity index (χ4n) is 2.15. The van der Waals surface area contributed by atoms with E-state index in [1.807, 2.05) is 0 Å². The second-order valence-corrected chi connectivity index (χ2v) is 5.21. The molecule has 1 aliphatic heterocycles. The van der Waals surface area contributed by atoms with E-state index in [4.69, 9.17) is 19.2 Å². The van der Waals surface area contributed by atoms with E-state index in [-0.39, 0.29) is 0 Å². The predicted octanol–water partition coefficient (Wildman–Crippen LogP) is 1.24. The Kier molecular flexibility index (Phi) is 3.55. The molecule has 0 radical (unpaired) electrons. The molecular weight excluding hydrogens is 250 g/mol. The SMILES string of the molecule is [N-]=[N+]=NS(=O)(=O)OC1CCC2(CC1)OCCO2. The van der Waals surface area contributed by atoms with E-state index in [0.29, 0.717) is 38.9 Å². The minimum absolute atomic E-state index is 0.469. The summed E-state index contributed by atoms with van der Waals surface area (Å²) in [6.45, 7) is 1.14. The average Bonchev–Trinajstić information content (AvgIpc) is 2.70. The maximum Gasteiger partial charge on any atom is 0.358 e. The van der Waals surface area contributed by atoms with Crippen LogP contribution in [0.15, 0.2) is 4.52 Å². The first kappa shape index (κ1) is 12.6. The summed E-state index contributed by atoms with van der Waals surface area (Å²) in [4.78, 5) is 2.21. The number of rotatable bonds is 3. The molecule has 1 heterocycles. The molecule has 8 nitrogen and oxygen atoms in total. The van der Waals surface area contributed by atoms with Crippen molar-refractivity contribution in [3.8, 4) is 0 Å². The highest BCUT2D eigenvalue weighted by atomic mass is 32.2. The average molecular weight is 263 g/mol. The molecule has 2 fully saturated rings. The fraction of sp³-hybridized carbons (Fsp3) is 1.00. The molecule has 0 atom stereocenters. The lowest BCUT2D eigenvalue weighted by atomic mass is 9.92. The van der Waals surface area contributed by atoms with E-state index in [0.717, 1.165) is 0 Å². The summed E-state index contributed by atoms with van der Waals surface area (Å²) < 4.78 is 40.6. The van der Waals surface area contributed by atoms with Crippen LogP contribution in [-0.4, -0.2) is 33.5 Å². The van der Waals surface area contributed by atoms with E-state index < -0.39 is 22.2 Å². The molecule has 96 valence electrons. The summed E-state index contributed by atoms with van der Waals surface area (Å²) in [5.41, 5.74) is 8.06. The first-order chi connectivity index (χ1) is 8.05. The van der Waals surface area contributed by atoms with E-state index in [1.165, 1.54) is 0 Å². The number of ether oxygens (including phenoxy) is 2. The van der Waals surface area contributed by atoms with Crippen molar-refractivity contribution in [3.63, 3.8) is 0 Å². The quantitative estimate of drug-likeness (QED) is 0.432. The normalized spacial score (nSPS) is 24.7. The van der Waals surface area contributed by atoms with Crippen LogP contribution in [0.5, 0.6) is 0 Å². The van der Waals surface area contributed by atoms with Crippen molar-refractivity contribution in [2.75, 3.05) is 13.2 Å². The molecule has 9 heteroatoms. The van der Waals surface area contributed by atoms with Crippen LogP contribution in [0.1, 0.15) is 25.7 Å². The summed E-state index contributed by atoms with van der Waals surface area (Å²) in [6, 6.07) is 0. The van der Waals surface area contributed by atoms with Gasteiger partial charge < -0.3 is 9.47 Å². The Labute approximate surface area is 98.7 Å². The minimum atomic E-state index is -4.14. The van der Waals surface area contributed by atoms with Crippen molar-refractivity contribution in [1.29, 1.82) is 0 Å². The molecule has 0 unspecified atom stereocenters. The van der Waals surface area contributed by atoms with Gasteiger partial charge >= 0.3 is 10.3 Å². The number of hydrogen-bond donors (Lipinski definition) is 0. The van der Waals surface area contributed by atoms with Crippen LogP contribution in [0.4, 0.5) is 0 Å². The minimum Gasteiger partial charge on any atom is -0.348 e. The Morgan fingerprint density at radius 2 is 1.88 bits per heavy atom. The van der Waals surface area contributed by atoms with Gasteiger partial charge in [0.2, 0.25) is 0 Å². The Morgan fingerprint density at radius 3 is 2.41 bits per heavy atom. The van der Waals surface area contributed by atoms with Crippen LogP contribution in [0, 0.1) is 0 Å². The molecule has 2 rings (SSSR count). The molecule has 1 saturated heterocycles. The molecule has 17 heavy (non-hydrogen) atoms. The Hall–Kier alpha value is -0.860. The van der Waals surface area contributed by atoms with Gasteiger partial charge in [0.1, 0.15) is 0 Å². The molecule has 0 aromatic carbocycles. The Bertz CT molecular complexity index is 414. The first-order valence-electron chi connectivity index (χ1n) is 5.33. The lowest BCUT2D eigenvalue weighted by molar-refractivity contribution is -0.185. The number of hydrogen-bond acceptors (Lipinski definition) is 5. The Balaban J connectivity index is 1.89. The van der Waals surface area contributed by atoms with E-state index >= 15 is 0 Å². The monoisotopic (exact) mass is 263 g/mol. The number of azide groups is 1. The van der Waals surface area contributed by atoms with Crippen LogP contribution >= 0.6 is 0 Å². The van der Waals surface area contributed by atoms with Gasteiger partial charge in [0, 0.05) is 17.8 Å². The third-order valence-corrected chi connectivity index (χ3v) is 3.69. The topological polar surface area (TPSA) is 111 Å². The van der Waals surface area contributed by atoms with Gasteiger partial charge in [0.25, 0.3) is 0 Å². The zero-order valence-electron chi connectivity index (χ0n) is 9.11. The molecule has 1 aliphatic carbocycles. The van der Waals surface area contributed by atoms with Crippen LogP contribution in [-0.2, 0) is 24.0 Å². The number of nitrogens with zero attached hydrogens (tertiary/aromatic N) is 3. The molecule has 1 spiro atoms. The first-order valence-corrected chi connectivity index (χ1v) is 6.69. The van der Waals surface area contributed by atoms with Gasteiger partial charge in [0.15, 0.2) is 5.79 Å². The molecule has 0 bridgehead atoms. The molecule has 1 saturated carbocycles. The van der Waals surface area contributed by atoms with Gasteiger partial charge in [-0.15, -0.1) is 0 Å². The molecule has 2 aliphatic rings. The highest BCUT2D eigenvalue weighted by Gasteiger charge is 2.41. The van der Waals surface area contributed by atoms with Gasteiger partial charge in [-0.25, -0.2) is 0 Å². The lowest BCUT2D eigenvalue weighted by Crippen LogP contribution is -2.38. The lowest BCUT2D eigenvalue weighted by Gasteiger charge is -2.34. The summed E-state index contributed by atoms with van der Waals surface area (Å²) in [6.07, 6.45) is 1.71. The van der Waals surface area contributed by atoms with Crippen LogP contribution in [0.3, 0.4) is 0 Å². The van der Waals surface area contributed by atoms with Crippen LogP contribution in [0.25, 0.3) is 10.4 Å². The van der Waals surface area contributed by atoms with Crippen LogP contribution in [0.2, 0.25) is 0 Å². The second kappa shape index (κ2) is 4.79. The van der Waals surface area contributed by atoms with Crippen molar-refractivity contribution in [3.05, 3.63) is 10.4 Å². The molecule has 0 aromatic heterocycles. The largest absolute Gasteiger partial charge is 0.358 e. The second-order valence-electron chi connectivity index (χ2n) is 4.00. The molecule has 0 aromatic rings. The van der Waals surface area contributed by atoms with Crippen molar-refractivity contribution in [2.24, 2.45) is 4.52 Å². The summed E-state index contributed by atoms with van der Waals surface area (Å²) in [5, 5.41) is 0. The van der Waals surface area contributed by atoms with E-state index in [9.17, 15) is 8.42 Å². The highest BCUT2D eigenvalue weighted by molar-refractivity contribution is 7.85. The highest BCUT2D eigenvalue weighted by Crippen LogP contribution is 2.37. The Morgan fingerprint density at radius 1 is 1.29 bits per heavy atom. The fourth-order valence-corrected chi connectivity index (χ4v) is 2.81.